The number of nitrogens with one attached hydrogen (secondary N) is 2. The van der Waals surface area contributed by atoms with Crippen molar-refractivity contribution >= 4 is 12.1 Å². The van der Waals surface area contributed by atoms with Gasteiger partial charge in [-0.3, -0.25) is 9.89 Å². The van der Waals surface area contributed by atoms with Gasteiger partial charge in [-0.2, -0.15) is 10.2 Å². The van der Waals surface area contributed by atoms with Gasteiger partial charge in [0.1, 0.15) is 17.1 Å². The number of aromatic nitrogens is 3. The van der Waals surface area contributed by atoms with Crippen molar-refractivity contribution in [1.29, 1.82) is 0 Å². The summed E-state index contributed by atoms with van der Waals surface area (Å²) >= 11 is 0. The third-order valence-corrected chi connectivity index (χ3v) is 4.13. The molecule has 28 heavy (non-hydrogen) atoms. The van der Waals surface area contributed by atoms with E-state index in [2.05, 4.69) is 20.7 Å². The standard InChI is InChI=1S/C19H21N5O4/c1-24-7-5-6-15(24)13-9-14(22-21-13)19(25)23-20-11-12-8-17(27-3)18(28-4)10-16(12)26-2/h5-11H,1-4H3,(H,21,22)(H,23,25). The highest BCUT2D eigenvalue weighted by Gasteiger charge is 2.13. The Morgan fingerprint density at radius 1 is 1.14 bits per heavy atom. The van der Waals surface area contributed by atoms with Gasteiger partial charge in [-0.15, -0.1) is 0 Å². The predicted octanol–water partition coefficient (Wildman–Crippen LogP) is 2.20. The molecule has 146 valence electrons. The zero-order valence-electron chi connectivity index (χ0n) is 16.0. The van der Waals surface area contributed by atoms with Gasteiger partial charge < -0.3 is 18.8 Å². The first-order valence-corrected chi connectivity index (χ1v) is 8.38. The number of aryl methyl sites for hydroxylation is 1. The smallest absolute Gasteiger partial charge is 0.289 e. The molecule has 0 saturated heterocycles. The number of carbonyl (C=O) groups is 1. The fourth-order valence-electron chi connectivity index (χ4n) is 2.67. The molecule has 0 aliphatic carbocycles. The van der Waals surface area contributed by atoms with Crippen molar-refractivity contribution < 1.29 is 19.0 Å². The molecular formula is C19H21N5O4. The third kappa shape index (κ3) is 3.83. The van der Waals surface area contributed by atoms with Crippen LogP contribution in [0.1, 0.15) is 16.1 Å². The fourth-order valence-corrected chi connectivity index (χ4v) is 2.67. The van der Waals surface area contributed by atoms with Crippen LogP contribution < -0.4 is 19.6 Å². The van der Waals surface area contributed by atoms with Gasteiger partial charge in [0.25, 0.3) is 5.91 Å². The van der Waals surface area contributed by atoms with E-state index in [1.807, 2.05) is 29.9 Å². The van der Waals surface area contributed by atoms with Gasteiger partial charge in [0.15, 0.2) is 11.5 Å². The summed E-state index contributed by atoms with van der Waals surface area (Å²) in [5.41, 5.74) is 4.95. The van der Waals surface area contributed by atoms with Gasteiger partial charge in [0.05, 0.1) is 33.2 Å². The molecule has 0 spiro atoms. The first kappa shape index (κ1) is 19.0. The molecule has 3 rings (SSSR count). The van der Waals surface area contributed by atoms with Gasteiger partial charge in [-0.1, -0.05) is 0 Å². The Labute approximate surface area is 161 Å². The second-order valence-electron chi connectivity index (χ2n) is 5.82. The number of ether oxygens (including phenoxy) is 3. The summed E-state index contributed by atoms with van der Waals surface area (Å²) in [6, 6.07) is 8.88. The normalized spacial score (nSPS) is 10.9. The second-order valence-corrected chi connectivity index (χ2v) is 5.82. The number of benzene rings is 1. The van der Waals surface area contributed by atoms with E-state index in [0.717, 1.165) is 5.69 Å². The average Bonchev–Trinajstić information content (AvgIpc) is 3.36. The van der Waals surface area contributed by atoms with Gasteiger partial charge in [-0.05, 0) is 24.3 Å². The van der Waals surface area contributed by atoms with E-state index in [1.54, 1.807) is 25.3 Å². The molecule has 0 bridgehead atoms. The van der Waals surface area contributed by atoms with Crippen molar-refractivity contribution in [2.24, 2.45) is 12.1 Å². The molecule has 0 fully saturated rings. The number of hydrogen-bond donors (Lipinski definition) is 2. The van der Waals surface area contributed by atoms with Crippen molar-refractivity contribution in [3.63, 3.8) is 0 Å². The SMILES string of the molecule is COc1cc(OC)c(OC)cc1C=NNC(=O)c1cc(-c2cccn2C)n[nH]1. The maximum Gasteiger partial charge on any atom is 0.289 e. The predicted molar refractivity (Wildman–Crippen MR) is 104 cm³/mol. The van der Waals surface area contributed by atoms with Crippen molar-refractivity contribution in [1.82, 2.24) is 20.2 Å². The summed E-state index contributed by atoms with van der Waals surface area (Å²) in [4.78, 5) is 12.3. The molecule has 9 nitrogen and oxygen atoms in total. The van der Waals surface area contributed by atoms with E-state index in [0.29, 0.717) is 34.2 Å². The molecule has 2 N–H and O–H groups in total. The third-order valence-electron chi connectivity index (χ3n) is 4.13. The Bertz CT molecular complexity index is 1010. The van der Waals surface area contributed by atoms with E-state index in [-0.39, 0.29) is 0 Å². The molecule has 1 amide bonds. The van der Waals surface area contributed by atoms with Crippen LogP contribution in [0, 0.1) is 0 Å². The van der Waals surface area contributed by atoms with E-state index in [1.165, 1.54) is 20.4 Å². The van der Waals surface area contributed by atoms with Crippen LogP contribution in [0.3, 0.4) is 0 Å². The lowest BCUT2D eigenvalue weighted by molar-refractivity contribution is 0.0950. The summed E-state index contributed by atoms with van der Waals surface area (Å²) in [7, 11) is 6.52. The minimum atomic E-state index is -0.413. The molecule has 0 unspecified atom stereocenters. The molecule has 9 heteroatoms. The monoisotopic (exact) mass is 383 g/mol. The van der Waals surface area contributed by atoms with E-state index < -0.39 is 5.91 Å². The second kappa shape index (κ2) is 8.30. The van der Waals surface area contributed by atoms with E-state index >= 15 is 0 Å². The number of H-pyrrole nitrogens is 1. The van der Waals surface area contributed by atoms with Crippen LogP contribution in [0.15, 0.2) is 41.6 Å². The van der Waals surface area contributed by atoms with Crippen molar-refractivity contribution in [3.05, 3.63) is 47.8 Å². The molecular weight excluding hydrogens is 362 g/mol. The van der Waals surface area contributed by atoms with Crippen LogP contribution in [0.4, 0.5) is 0 Å². The highest BCUT2D eigenvalue weighted by atomic mass is 16.5. The Balaban J connectivity index is 1.73. The van der Waals surface area contributed by atoms with Gasteiger partial charge >= 0.3 is 0 Å². The number of carbonyl (C=O) groups excluding carboxylic acids is 1. The highest BCUT2D eigenvalue weighted by molar-refractivity contribution is 5.94. The Morgan fingerprint density at radius 2 is 1.86 bits per heavy atom. The summed E-state index contributed by atoms with van der Waals surface area (Å²) in [5.74, 6) is 1.18. The van der Waals surface area contributed by atoms with E-state index in [4.69, 9.17) is 14.2 Å². The van der Waals surface area contributed by atoms with Crippen molar-refractivity contribution in [3.8, 4) is 28.6 Å². The maximum absolute atomic E-state index is 12.3. The minimum absolute atomic E-state index is 0.299. The number of rotatable bonds is 7. The topological polar surface area (TPSA) is 103 Å². The molecule has 0 aliphatic rings. The zero-order chi connectivity index (χ0) is 20.1. The van der Waals surface area contributed by atoms with Crippen LogP contribution in [-0.4, -0.2) is 48.2 Å². The van der Waals surface area contributed by atoms with Gasteiger partial charge in [0, 0.05) is 24.9 Å². The summed E-state index contributed by atoms with van der Waals surface area (Å²) in [5, 5.41) is 10.9. The Morgan fingerprint density at radius 3 is 2.50 bits per heavy atom. The van der Waals surface area contributed by atoms with E-state index in [9.17, 15) is 4.79 Å². The Kier molecular flexibility index (Phi) is 5.64. The van der Waals surface area contributed by atoms with Crippen molar-refractivity contribution in [2.45, 2.75) is 0 Å². The van der Waals surface area contributed by atoms with Crippen LogP contribution in [0.5, 0.6) is 17.2 Å². The lowest BCUT2D eigenvalue weighted by Crippen LogP contribution is -2.18. The number of methoxy groups -OCH3 is 3. The van der Waals surface area contributed by atoms with Gasteiger partial charge in [-0.25, -0.2) is 5.43 Å². The first-order valence-electron chi connectivity index (χ1n) is 8.38. The number of nitrogens with zero attached hydrogens (tertiary/aromatic N) is 3. The lowest BCUT2D eigenvalue weighted by atomic mass is 10.2. The number of hydrogen-bond acceptors (Lipinski definition) is 6. The average molecular weight is 383 g/mol. The fraction of sp³-hybridized carbons (Fsp3) is 0.211. The quantitative estimate of drug-likeness (QED) is 0.481. The number of amides is 1. The highest BCUT2D eigenvalue weighted by Crippen LogP contribution is 2.33. The molecule has 3 aromatic rings. The minimum Gasteiger partial charge on any atom is -0.496 e. The molecule has 0 atom stereocenters. The molecule has 0 aliphatic heterocycles. The maximum atomic E-state index is 12.3. The summed E-state index contributed by atoms with van der Waals surface area (Å²) in [6.07, 6.45) is 3.37. The van der Waals surface area contributed by atoms with Crippen LogP contribution >= 0.6 is 0 Å². The van der Waals surface area contributed by atoms with Crippen LogP contribution in [-0.2, 0) is 7.05 Å². The largest absolute Gasteiger partial charge is 0.496 e. The first-order chi connectivity index (χ1) is 13.6. The van der Waals surface area contributed by atoms with Crippen molar-refractivity contribution in [2.75, 3.05) is 21.3 Å². The molecule has 0 radical (unpaired) electrons. The van der Waals surface area contributed by atoms with Crippen LogP contribution in [0.2, 0.25) is 0 Å². The number of hydrazone groups is 1. The number of aromatic amines is 1. The van der Waals surface area contributed by atoms with Gasteiger partial charge in [0.2, 0.25) is 0 Å². The molecule has 1 aromatic carbocycles. The Hall–Kier alpha value is -3.75. The molecule has 0 saturated carbocycles. The lowest BCUT2D eigenvalue weighted by Gasteiger charge is -2.11. The molecule has 2 heterocycles. The summed E-state index contributed by atoms with van der Waals surface area (Å²) in [6.45, 7) is 0. The zero-order valence-corrected chi connectivity index (χ0v) is 16.0. The van der Waals surface area contributed by atoms with Crippen LogP contribution in [0.25, 0.3) is 11.4 Å². The molecule has 2 aromatic heterocycles. The summed E-state index contributed by atoms with van der Waals surface area (Å²) < 4.78 is 17.8.